The van der Waals surface area contributed by atoms with Gasteiger partial charge in [0.25, 0.3) is 0 Å². The molecule has 1 aromatic carbocycles. The van der Waals surface area contributed by atoms with E-state index in [0.29, 0.717) is 4.47 Å². The quantitative estimate of drug-likeness (QED) is 0.914. The smallest absolute Gasteiger partial charge is 0.150 e. The molecule has 5 heteroatoms. The summed E-state index contributed by atoms with van der Waals surface area (Å²) in [5, 5.41) is 2.81. The molecule has 0 bridgehead atoms. The van der Waals surface area contributed by atoms with E-state index in [1.54, 1.807) is 18.5 Å². The zero-order valence-electron chi connectivity index (χ0n) is 9.62. The Labute approximate surface area is 112 Å². The first kappa shape index (κ1) is 13.0. The van der Waals surface area contributed by atoms with Gasteiger partial charge in [0.15, 0.2) is 0 Å². The molecule has 1 unspecified atom stereocenters. The average Bonchev–Trinajstić information content (AvgIpc) is 2.34. The molecule has 0 aliphatic heterocycles. The van der Waals surface area contributed by atoms with Gasteiger partial charge in [-0.15, -0.1) is 0 Å². The number of halogens is 3. The van der Waals surface area contributed by atoms with Crippen LogP contribution in [0.3, 0.4) is 0 Å². The van der Waals surface area contributed by atoms with E-state index in [1.807, 2.05) is 13.0 Å². The Hall–Kier alpha value is -1.49. The Morgan fingerprint density at radius 3 is 2.50 bits per heavy atom. The minimum Gasteiger partial charge on any atom is -0.374 e. The van der Waals surface area contributed by atoms with E-state index in [-0.39, 0.29) is 11.7 Å². The largest absolute Gasteiger partial charge is 0.374 e. The van der Waals surface area contributed by atoms with Crippen molar-refractivity contribution in [3.05, 3.63) is 58.3 Å². The van der Waals surface area contributed by atoms with Crippen LogP contribution in [0.25, 0.3) is 0 Å². The number of anilines is 1. The van der Waals surface area contributed by atoms with E-state index in [2.05, 4.69) is 26.2 Å². The summed E-state index contributed by atoms with van der Waals surface area (Å²) < 4.78 is 27.7. The molecule has 0 amide bonds. The lowest BCUT2D eigenvalue weighted by atomic mass is 10.1. The zero-order valence-corrected chi connectivity index (χ0v) is 11.2. The van der Waals surface area contributed by atoms with Crippen molar-refractivity contribution >= 4 is 21.6 Å². The fourth-order valence-corrected chi connectivity index (χ4v) is 2.01. The van der Waals surface area contributed by atoms with Crippen molar-refractivity contribution in [2.24, 2.45) is 0 Å². The van der Waals surface area contributed by atoms with Gasteiger partial charge in [0.2, 0.25) is 0 Å². The molecule has 2 nitrogen and oxygen atoms in total. The molecule has 1 N–H and O–H groups in total. The summed E-state index contributed by atoms with van der Waals surface area (Å²) in [5.74, 6) is -1.25. The first-order valence-corrected chi connectivity index (χ1v) is 6.18. The first-order chi connectivity index (χ1) is 8.58. The topological polar surface area (TPSA) is 24.9 Å². The summed E-state index contributed by atoms with van der Waals surface area (Å²) in [4.78, 5) is 3.97. The lowest BCUT2D eigenvalue weighted by Crippen LogP contribution is -2.09. The summed E-state index contributed by atoms with van der Waals surface area (Å²) in [6.45, 7) is 1.82. The van der Waals surface area contributed by atoms with Gasteiger partial charge >= 0.3 is 0 Å². The first-order valence-electron chi connectivity index (χ1n) is 5.39. The second kappa shape index (κ2) is 5.44. The Kier molecular flexibility index (Phi) is 3.91. The van der Waals surface area contributed by atoms with Crippen molar-refractivity contribution in [2.45, 2.75) is 13.0 Å². The highest BCUT2D eigenvalue weighted by Crippen LogP contribution is 2.27. The van der Waals surface area contributed by atoms with Gasteiger partial charge in [-0.25, -0.2) is 8.78 Å². The van der Waals surface area contributed by atoms with E-state index >= 15 is 0 Å². The minimum atomic E-state index is -0.627. The molecule has 0 radical (unpaired) electrons. The second-order valence-corrected chi connectivity index (χ2v) is 4.81. The number of benzene rings is 1. The number of nitrogens with zero attached hydrogens (tertiary/aromatic N) is 1. The van der Waals surface area contributed by atoms with E-state index < -0.39 is 11.6 Å². The third-order valence-corrected chi connectivity index (χ3v) is 3.01. The van der Waals surface area contributed by atoms with Gasteiger partial charge in [0.05, 0.1) is 6.04 Å². The van der Waals surface area contributed by atoms with E-state index in [4.69, 9.17) is 0 Å². The lowest BCUT2D eigenvalue weighted by molar-refractivity contribution is 0.583. The average molecular weight is 313 g/mol. The summed E-state index contributed by atoms with van der Waals surface area (Å²) in [6.07, 6.45) is 3.31. The predicted molar refractivity (Wildman–Crippen MR) is 70.3 cm³/mol. The molecule has 0 aliphatic carbocycles. The van der Waals surface area contributed by atoms with Gasteiger partial charge in [0.1, 0.15) is 17.3 Å². The fraction of sp³-hybridized carbons (Fsp3) is 0.154. The van der Waals surface area contributed by atoms with Crippen molar-refractivity contribution in [3.8, 4) is 0 Å². The molecule has 0 spiro atoms. The van der Waals surface area contributed by atoms with Gasteiger partial charge in [-0.05, 0) is 30.7 Å². The minimum absolute atomic E-state index is 0.130. The number of nitrogens with one attached hydrogen (secondary N) is 1. The van der Waals surface area contributed by atoms with E-state index in [1.165, 1.54) is 12.1 Å². The third kappa shape index (κ3) is 2.85. The molecule has 2 aromatic rings. The highest BCUT2D eigenvalue weighted by Gasteiger charge is 2.13. The Morgan fingerprint density at radius 2 is 1.94 bits per heavy atom. The van der Waals surface area contributed by atoms with Crippen LogP contribution in [0.4, 0.5) is 14.5 Å². The van der Waals surface area contributed by atoms with Crippen molar-refractivity contribution in [2.75, 3.05) is 5.32 Å². The molecular formula is C13H11BrF2N2. The molecule has 0 aliphatic rings. The van der Waals surface area contributed by atoms with E-state index in [9.17, 15) is 8.78 Å². The summed E-state index contributed by atoms with van der Waals surface area (Å²) in [5.41, 5.74) is 0.730. The van der Waals surface area contributed by atoms with Crippen molar-refractivity contribution in [1.82, 2.24) is 4.98 Å². The molecule has 18 heavy (non-hydrogen) atoms. The van der Waals surface area contributed by atoms with Gasteiger partial charge in [-0.2, -0.15) is 0 Å². The number of aromatic nitrogens is 1. The standard InChI is InChI=1S/C13H11BrF2N2/c1-8(9-3-2-4-17-7-9)18-13-11(15)5-10(14)6-12(13)16/h2-8,18H,1H3. The maximum absolute atomic E-state index is 13.6. The van der Waals surface area contributed by atoms with Crippen LogP contribution in [0.1, 0.15) is 18.5 Å². The molecular weight excluding hydrogens is 302 g/mol. The number of hydrogen-bond donors (Lipinski definition) is 1. The van der Waals surface area contributed by atoms with Crippen LogP contribution >= 0.6 is 15.9 Å². The Morgan fingerprint density at radius 1 is 1.28 bits per heavy atom. The van der Waals surface area contributed by atoms with Crippen LogP contribution in [0.2, 0.25) is 0 Å². The van der Waals surface area contributed by atoms with Crippen molar-refractivity contribution in [3.63, 3.8) is 0 Å². The SMILES string of the molecule is CC(Nc1c(F)cc(Br)cc1F)c1cccnc1. The molecule has 1 atom stereocenters. The van der Waals surface area contributed by atoms with Gasteiger partial charge in [0, 0.05) is 16.9 Å². The van der Waals surface area contributed by atoms with E-state index in [0.717, 1.165) is 5.56 Å². The maximum atomic E-state index is 13.6. The van der Waals surface area contributed by atoms with Crippen LogP contribution in [0.5, 0.6) is 0 Å². The van der Waals surface area contributed by atoms with Crippen LogP contribution in [0.15, 0.2) is 41.1 Å². The molecule has 1 heterocycles. The Bertz CT molecular complexity index is 523. The van der Waals surface area contributed by atoms with Gasteiger partial charge in [-0.1, -0.05) is 22.0 Å². The molecule has 0 saturated carbocycles. The molecule has 2 rings (SSSR count). The lowest BCUT2D eigenvalue weighted by Gasteiger charge is -2.16. The van der Waals surface area contributed by atoms with Crippen LogP contribution < -0.4 is 5.32 Å². The van der Waals surface area contributed by atoms with Crippen molar-refractivity contribution in [1.29, 1.82) is 0 Å². The van der Waals surface area contributed by atoms with Crippen LogP contribution in [0, 0.1) is 11.6 Å². The molecule has 0 fully saturated rings. The normalized spacial score (nSPS) is 12.2. The summed E-state index contributed by atoms with van der Waals surface area (Å²) in [7, 11) is 0. The Balaban J connectivity index is 2.25. The molecule has 0 saturated heterocycles. The zero-order chi connectivity index (χ0) is 13.1. The fourth-order valence-electron chi connectivity index (χ4n) is 1.61. The third-order valence-electron chi connectivity index (χ3n) is 2.55. The predicted octanol–water partition coefficient (Wildman–Crippen LogP) is 4.30. The highest BCUT2D eigenvalue weighted by atomic mass is 79.9. The van der Waals surface area contributed by atoms with Crippen molar-refractivity contribution < 1.29 is 8.78 Å². The number of pyridine rings is 1. The number of rotatable bonds is 3. The van der Waals surface area contributed by atoms with Crippen LogP contribution in [-0.4, -0.2) is 4.98 Å². The number of hydrogen-bond acceptors (Lipinski definition) is 2. The van der Waals surface area contributed by atoms with Gasteiger partial charge < -0.3 is 5.32 Å². The molecule has 94 valence electrons. The second-order valence-electron chi connectivity index (χ2n) is 3.90. The van der Waals surface area contributed by atoms with Gasteiger partial charge in [-0.3, -0.25) is 4.98 Å². The summed E-state index contributed by atoms with van der Waals surface area (Å²) >= 11 is 3.04. The van der Waals surface area contributed by atoms with Crippen LogP contribution in [-0.2, 0) is 0 Å². The highest BCUT2D eigenvalue weighted by molar-refractivity contribution is 9.10. The maximum Gasteiger partial charge on any atom is 0.150 e. The monoisotopic (exact) mass is 312 g/mol. The molecule has 1 aromatic heterocycles. The summed E-state index contributed by atoms with van der Waals surface area (Å²) in [6, 6.07) is 5.84.